The first-order chi connectivity index (χ1) is 9.24. The third-order valence-electron chi connectivity index (χ3n) is 3.74. The molecular formula is C13H19ClN4O. The maximum Gasteiger partial charge on any atom is 0.153 e. The molecule has 0 radical (unpaired) electrons. The zero-order valence-corrected chi connectivity index (χ0v) is 11.6. The van der Waals surface area contributed by atoms with E-state index in [0.717, 1.165) is 44.3 Å². The summed E-state index contributed by atoms with van der Waals surface area (Å²) in [6.07, 6.45) is 6.60. The molecule has 1 aliphatic carbocycles. The molecule has 5 nitrogen and oxygen atoms in total. The van der Waals surface area contributed by atoms with Crippen molar-refractivity contribution < 1.29 is 4.74 Å². The average molecular weight is 283 g/mol. The number of aromatic nitrogens is 2. The van der Waals surface area contributed by atoms with Gasteiger partial charge in [0.25, 0.3) is 0 Å². The van der Waals surface area contributed by atoms with Crippen LogP contribution in [0, 0.1) is 5.92 Å². The van der Waals surface area contributed by atoms with Gasteiger partial charge in [0.2, 0.25) is 0 Å². The highest BCUT2D eigenvalue weighted by molar-refractivity contribution is 6.35. The van der Waals surface area contributed by atoms with E-state index in [-0.39, 0.29) is 6.10 Å². The van der Waals surface area contributed by atoms with Crippen LogP contribution in [0.3, 0.4) is 0 Å². The van der Waals surface area contributed by atoms with Crippen LogP contribution in [0.2, 0.25) is 5.02 Å². The van der Waals surface area contributed by atoms with Gasteiger partial charge < -0.3 is 15.4 Å². The molecule has 0 spiro atoms. The molecule has 1 unspecified atom stereocenters. The van der Waals surface area contributed by atoms with Crippen molar-refractivity contribution in [1.29, 1.82) is 0 Å². The second-order valence-corrected chi connectivity index (χ2v) is 5.76. The summed E-state index contributed by atoms with van der Waals surface area (Å²) < 4.78 is 5.97. The third kappa shape index (κ3) is 3.09. The van der Waals surface area contributed by atoms with Gasteiger partial charge >= 0.3 is 0 Å². The summed E-state index contributed by atoms with van der Waals surface area (Å²) >= 11 is 6.18. The Labute approximate surface area is 118 Å². The van der Waals surface area contributed by atoms with Crippen LogP contribution in [0.15, 0.2) is 6.33 Å². The molecule has 1 saturated heterocycles. The second kappa shape index (κ2) is 5.51. The number of anilines is 2. The summed E-state index contributed by atoms with van der Waals surface area (Å²) in [4.78, 5) is 10.3. The number of rotatable bonds is 4. The van der Waals surface area contributed by atoms with E-state index in [2.05, 4.69) is 14.9 Å². The lowest BCUT2D eigenvalue weighted by Crippen LogP contribution is -2.40. The van der Waals surface area contributed by atoms with Crippen molar-refractivity contribution in [2.24, 2.45) is 5.92 Å². The number of hydrogen-bond acceptors (Lipinski definition) is 5. The topological polar surface area (TPSA) is 64.3 Å². The predicted octanol–water partition coefficient (Wildman–Crippen LogP) is 2.11. The minimum atomic E-state index is 0.279. The highest BCUT2D eigenvalue weighted by Crippen LogP contribution is 2.32. The second-order valence-electron chi connectivity index (χ2n) is 5.38. The molecule has 0 bridgehead atoms. The fraction of sp³-hybridized carbons (Fsp3) is 0.692. The maximum absolute atomic E-state index is 6.18. The largest absolute Gasteiger partial charge is 0.382 e. The molecule has 1 saturated carbocycles. The summed E-state index contributed by atoms with van der Waals surface area (Å²) in [6, 6.07) is 0. The zero-order chi connectivity index (χ0) is 13.2. The molecule has 6 heteroatoms. The number of nitrogens with two attached hydrogens (primary N) is 1. The maximum atomic E-state index is 6.18. The van der Waals surface area contributed by atoms with Crippen LogP contribution in [0.5, 0.6) is 0 Å². The molecule has 2 fully saturated rings. The molecule has 1 atom stereocenters. The van der Waals surface area contributed by atoms with Gasteiger partial charge in [0, 0.05) is 19.7 Å². The van der Waals surface area contributed by atoms with E-state index in [1.807, 2.05) is 0 Å². The Morgan fingerprint density at radius 2 is 2.21 bits per heavy atom. The van der Waals surface area contributed by atoms with Gasteiger partial charge in [0.1, 0.15) is 17.2 Å². The summed E-state index contributed by atoms with van der Waals surface area (Å²) in [7, 11) is 0. The Balaban J connectivity index is 1.64. The van der Waals surface area contributed by atoms with Crippen molar-refractivity contribution in [2.75, 3.05) is 30.3 Å². The molecule has 2 aliphatic rings. The van der Waals surface area contributed by atoms with Gasteiger partial charge in [-0.25, -0.2) is 9.97 Å². The first kappa shape index (κ1) is 12.9. The average Bonchev–Trinajstić information content (AvgIpc) is 3.24. The minimum Gasteiger partial charge on any atom is -0.382 e. The number of nitrogen functional groups attached to an aromatic ring is 1. The van der Waals surface area contributed by atoms with Gasteiger partial charge in [0.15, 0.2) is 5.82 Å². The van der Waals surface area contributed by atoms with Gasteiger partial charge in [0.05, 0.1) is 6.10 Å². The molecule has 1 aromatic rings. The van der Waals surface area contributed by atoms with Crippen molar-refractivity contribution >= 4 is 23.2 Å². The van der Waals surface area contributed by atoms with Crippen molar-refractivity contribution in [3.05, 3.63) is 11.3 Å². The Hall–Kier alpha value is -1.07. The molecular weight excluding hydrogens is 264 g/mol. The zero-order valence-electron chi connectivity index (χ0n) is 10.9. The summed E-state index contributed by atoms with van der Waals surface area (Å²) in [5, 5.41) is 0.449. The minimum absolute atomic E-state index is 0.279. The highest BCUT2D eigenvalue weighted by atomic mass is 35.5. The van der Waals surface area contributed by atoms with E-state index in [4.69, 9.17) is 22.1 Å². The Morgan fingerprint density at radius 1 is 1.37 bits per heavy atom. The first-order valence-corrected chi connectivity index (χ1v) is 7.24. The molecule has 1 aromatic heterocycles. The van der Waals surface area contributed by atoms with Crippen LogP contribution >= 0.6 is 11.6 Å². The number of ether oxygens (including phenoxy) is 1. The third-order valence-corrected chi connectivity index (χ3v) is 4.10. The Kier molecular flexibility index (Phi) is 3.75. The normalized spacial score (nSPS) is 23.6. The van der Waals surface area contributed by atoms with Crippen LogP contribution in [0.25, 0.3) is 0 Å². The van der Waals surface area contributed by atoms with Gasteiger partial charge in [-0.1, -0.05) is 11.6 Å². The predicted molar refractivity (Wildman–Crippen MR) is 75.4 cm³/mol. The van der Waals surface area contributed by atoms with Crippen LogP contribution in [0.1, 0.15) is 25.7 Å². The Morgan fingerprint density at radius 3 is 3.00 bits per heavy atom. The lowest BCUT2D eigenvalue weighted by molar-refractivity contribution is 0.0367. The molecule has 104 valence electrons. The molecule has 2 N–H and O–H groups in total. The van der Waals surface area contributed by atoms with Crippen molar-refractivity contribution in [3.63, 3.8) is 0 Å². The molecule has 19 heavy (non-hydrogen) atoms. The van der Waals surface area contributed by atoms with Crippen LogP contribution in [-0.4, -0.2) is 35.8 Å². The quantitative estimate of drug-likeness (QED) is 0.916. The number of halogens is 1. The summed E-state index contributed by atoms with van der Waals surface area (Å²) in [6.45, 7) is 2.68. The molecule has 1 aliphatic heterocycles. The number of nitrogens with zero attached hydrogens (tertiary/aromatic N) is 3. The van der Waals surface area contributed by atoms with E-state index in [1.54, 1.807) is 0 Å². The fourth-order valence-corrected chi connectivity index (χ4v) is 2.63. The van der Waals surface area contributed by atoms with Crippen LogP contribution < -0.4 is 10.6 Å². The van der Waals surface area contributed by atoms with Crippen LogP contribution in [-0.2, 0) is 4.74 Å². The summed E-state index contributed by atoms with van der Waals surface area (Å²) in [5.74, 6) is 1.87. The fourth-order valence-electron chi connectivity index (χ4n) is 2.42. The highest BCUT2D eigenvalue weighted by Gasteiger charge is 2.27. The van der Waals surface area contributed by atoms with Gasteiger partial charge in [-0.05, 0) is 31.6 Å². The lowest BCUT2D eigenvalue weighted by atomic mass is 10.1. The molecule has 0 aromatic carbocycles. The van der Waals surface area contributed by atoms with E-state index < -0.39 is 0 Å². The van der Waals surface area contributed by atoms with E-state index in [0.29, 0.717) is 10.8 Å². The van der Waals surface area contributed by atoms with E-state index >= 15 is 0 Å². The molecule has 2 heterocycles. The number of piperidine rings is 1. The van der Waals surface area contributed by atoms with E-state index in [1.165, 1.54) is 19.2 Å². The van der Waals surface area contributed by atoms with E-state index in [9.17, 15) is 0 Å². The van der Waals surface area contributed by atoms with Gasteiger partial charge in [-0.15, -0.1) is 0 Å². The SMILES string of the molecule is Nc1ncnc(N2CCCC(OCC3CC3)C2)c1Cl. The standard InChI is InChI=1S/C13H19ClN4O/c14-11-12(15)16-8-17-13(11)18-5-1-2-10(6-18)19-7-9-3-4-9/h8-10H,1-7H2,(H2,15,16,17). The Bertz CT molecular complexity index is 452. The van der Waals surface area contributed by atoms with Crippen LogP contribution in [0.4, 0.5) is 11.6 Å². The number of hydrogen-bond donors (Lipinski definition) is 1. The molecule has 0 amide bonds. The first-order valence-electron chi connectivity index (χ1n) is 6.86. The lowest BCUT2D eigenvalue weighted by Gasteiger charge is -2.33. The summed E-state index contributed by atoms with van der Waals surface area (Å²) in [5.41, 5.74) is 5.73. The van der Waals surface area contributed by atoms with Crippen molar-refractivity contribution in [2.45, 2.75) is 31.8 Å². The van der Waals surface area contributed by atoms with Crippen molar-refractivity contribution in [1.82, 2.24) is 9.97 Å². The monoisotopic (exact) mass is 282 g/mol. The smallest absolute Gasteiger partial charge is 0.153 e. The van der Waals surface area contributed by atoms with Crippen molar-refractivity contribution in [3.8, 4) is 0 Å². The van der Waals surface area contributed by atoms with Gasteiger partial charge in [-0.3, -0.25) is 0 Å². The van der Waals surface area contributed by atoms with Gasteiger partial charge in [-0.2, -0.15) is 0 Å². The molecule has 3 rings (SSSR count).